The van der Waals surface area contributed by atoms with Gasteiger partial charge in [0, 0.05) is 80.2 Å². The molecule has 46 heavy (non-hydrogen) atoms. The van der Waals surface area contributed by atoms with Gasteiger partial charge in [-0.3, -0.25) is 14.5 Å². The molecular formula is C35H36FN7O3. The molecule has 3 aromatic heterocycles. The number of fused-ring (bicyclic) bond motifs is 1. The molecule has 0 radical (unpaired) electrons. The number of carbonyl (C=O) groups excluding carboxylic acids is 2. The first-order valence-corrected chi connectivity index (χ1v) is 15.3. The third-order valence-electron chi connectivity index (χ3n) is 8.12. The first-order chi connectivity index (χ1) is 22.3. The minimum absolute atomic E-state index is 0.0952. The normalized spacial score (nSPS) is 16.9. The topological polar surface area (TPSA) is 105 Å². The Hall–Kier alpha value is -5.16. The number of ether oxygens (including phenoxy) is 1. The van der Waals surface area contributed by atoms with Gasteiger partial charge in [-0.15, -0.1) is 0 Å². The van der Waals surface area contributed by atoms with E-state index in [2.05, 4.69) is 20.3 Å². The van der Waals surface area contributed by atoms with Gasteiger partial charge in [-0.25, -0.2) is 19.3 Å². The zero-order valence-electron chi connectivity index (χ0n) is 26.0. The summed E-state index contributed by atoms with van der Waals surface area (Å²) in [7, 11) is 0. The average Bonchev–Trinajstić information content (AvgIpc) is 3.55. The summed E-state index contributed by atoms with van der Waals surface area (Å²) in [6.45, 7) is 6.77. The molecule has 0 unspecified atom stereocenters. The van der Waals surface area contributed by atoms with Crippen LogP contribution in [0.5, 0.6) is 11.5 Å². The fourth-order valence-electron chi connectivity index (χ4n) is 5.84. The number of nitrogens with one attached hydrogen (secondary N) is 1. The summed E-state index contributed by atoms with van der Waals surface area (Å²) >= 11 is 0. The molecule has 2 aromatic carbocycles. The van der Waals surface area contributed by atoms with Gasteiger partial charge < -0.3 is 19.4 Å². The van der Waals surface area contributed by atoms with E-state index >= 15 is 4.39 Å². The standard InChI is InChI=1S/C35H36FN7O3/c1-23(2)35(45)43-24(3)20-41(21-27-28(36)7-4-8-30(27)46-31-9-5-17-42-18-16-39-33(31)42)22-29(43)34(44)40-19-25-10-12-26(13-11-25)32-37-14-6-15-38-32/h4-18,23-24,29H,19-22H2,1-3H3,(H,40,44)/t24-,29-/m1/s1. The van der Waals surface area contributed by atoms with Crippen LogP contribution in [0, 0.1) is 11.7 Å². The van der Waals surface area contributed by atoms with Gasteiger partial charge in [0.2, 0.25) is 11.8 Å². The maximum Gasteiger partial charge on any atom is 0.244 e. The predicted octanol–water partition coefficient (Wildman–Crippen LogP) is 5.10. The zero-order chi connectivity index (χ0) is 32.2. The lowest BCUT2D eigenvalue weighted by Gasteiger charge is -2.45. The highest BCUT2D eigenvalue weighted by Gasteiger charge is 2.40. The predicted molar refractivity (Wildman–Crippen MR) is 171 cm³/mol. The highest BCUT2D eigenvalue weighted by Crippen LogP contribution is 2.32. The van der Waals surface area contributed by atoms with Gasteiger partial charge in [-0.05, 0) is 42.8 Å². The largest absolute Gasteiger partial charge is 0.453 e. The van der Waals surface area contributed by atoms with Gasteiger partial charge in [-0.1, -0.05) is 44.2 Å². The Morgan fingerprint density at radius 3 is 2.46 bits per heavy atom. The maximum atomic E-state index is 15.4. The van der Waals surface area contributed by atoms with Gasteiger partial charge >= 0.3 is 0 Å². The molecule has 1 aliphatic rings. The number of halogens is 1. The van der Waals surface area contributed by atoms with Gasteiger partial charge in [0.25, 0.3) is 0 Å². The van der Waals surface area contributed by atoms with E-state index in [4.69, 9.17) is 4.74 Å². The van der Waals surface area contributed by atoms with E-state index in [9.17, 15) is 9.59 Å². The van der Waals surface area contributed by atoms with Crippen LogP contribution >= 0.6 is 0 Å². The average molecular weight is 622 g/mol. The molecule has 236 valence electrons. The quantitative estimate of drug-likeness (QED) is 0.244. The lowest BCUT2D eigenvalue weighted by molar-refractivity contribution is -0.150. The Labute approximate surface area is 266 Å². The molecule has 0 spiro atoms. The number of nitrogens with zero attached hydrogens (tertiary/aromatic N) is 6. The van der Waals surface area contributed by atoms with Crippen LogP contribution in [-0.2, 0) is 22.7 Å². The lowest BCUT2D eigenvalue weighted by atomic mass is 10.0. The molecule has 0 aliphatic carbocycles. The molecule has 6 rings (SSSR count). The number of amides is 2. The van der Waals surface area contributed by atoms with Crippen molar-refractivity contribution in [3.05, 3.63) is 109 Å². The minimum Gasteiger partial charge on any atom is -0.453 e. The summed E-state index contributed by atoms with van der Waals surface area (Å²) in [6.07, 6.45) is 8.73. The van der Waals surface area contributed by atoms with Crippen molar-refractivity contribution in [2.45, 2.75) is 45.9 Å². The third-order valence-corrected chi connectivity index (χ3v) is 8.12. The van der Waals surface area contributed by atoms with Crippen LogP contribution in [0.15, 0.2) is 91.6 Å². The number of hydrogen-bond acceptors (Lipinski definition) is 7. The summed E-state index contributed by atoms with van der Waals surface area (Å²) in [4.78, 5) is 43.7. The summed E-state index contributed by atoms with van der Waals surface area (Å²) in [5.74, 6) is 0.440. The Balaban J connectivity index is 1.20. The molecule has 1 aliphatic heterocycles. The second-order valence-electron chi connectivity index (χ2n) is 11.8. The molecule has 1 saturated heterocycles. The van der Waals surface area contributed by atoms with Crippen LogP contribution in [0.3, 0.4) is 0 Å². The fraction of sp³-hybridized carbons (Fsp3) is 0.286. The highest BCUT2D eigenvalue weighted by molar-refractivity contribution is 5.89. The summed E-state index contributed by atoms with van der Waals surface area (Å²) in [5, 5.41) is 3.03. The minimum atomic E-state index is -0.759. The van der Waals surface area contributed by atoms with Crippen molar-refractivity contribution in [2.24, 2.45) is 5.92 Å². The molecule has 4 heterocycles. The first kappa shape index (κ1) is 30.8. The molecule has 1 N–H and O–H groups in total. The molecule has 11 heteroatoms. The molecule has 1 fully saturated rings. The lowest BCUT2D eigenvalue weighted by Crippen LogP contribution is -2.64. The van der Waals surface area contributed by atoms with Crippen molar-refractivity contribution in [1.82, 2.24) is 34.5 Å². The number of piperazine rings is 1. The number of carbonyl (C=O) groups is 2. The van der Waals surface area contributed by atoms with Crippen LogP contribution in [0.1, 0.15) is 31.9 Å². The molecule has 0 bridgehead atoms. The first-order valence-electron chi connectivity index (χ1n) is 15.3. The van der Waals surface area contributed by atoms with Crippen molar-refractivity contribution in [3.63, 3.8) is 0 Å². The van der Waals surface area contributed by atoms with Crippen LogP contribution in [0.4, 0.5) is 4.39 Å². The summed E-state index contributed by atoms with van der Waals surface area (Å²) in [6, 6.07) is 16.8. The van der Waals surface area contributed by atoms with Crippen LogP contribution in [0.2, 0.25) is 0 Å². The van der Waals surface area contributed by atoms with E-state index in [0.717, 1.165) is 11.1 Å². The van der Waals surface area contributed by atoms with Gasteiger partial charge in [0.1, 0.15) is 17.6 Å². The Morgan fingerprint density at radius 1 is 0.935 bits per heavy atom. The van der Waals surface area contributed by atoms with Crippen LogP contribution in [-0.4, -0.2) is 66.1 Å². The van der Waals surface area contributed by atoms with Crippen molar-refractivity contribution in [1.29, 1.82) is 0 Å². The third kappa shape index (κ3) is 6.59. The van der Waals surface area contributed by atoms with Crippen molar-refractivity contribution >= 4 is 17.5 Å². The van der Waals surface area contributed by atoms with E-state index in [-0.39, 0.29) is 43.4 Å². The van der Waals surface area contributed by atoms with E-state index in [1.165, 1.54) is 6.07 Å². The monoisotopic (exact) mass is 621 g/mol. The SMILES string of the molecule is CC(C)C(=O)N1[C@H](C)CN(Cc2c(F)cccc2Oc2cccn3ccnc23)C[C@@H]1C(=O)NCc1ccc(-c2ncccn2)cc1. The summed E-state index contributed by atoms with van der Waals surface area (Å²) < 4.78 is 23.4. The molecule has 0 saturated carbocycles. The second kappa shape index (κ2) is 13.5. The molecule has 5 aromatic rings. The number of imidazole rings is 1. The zero-order valence-corrected chi connectivity index (χ0v) is 26.0. The summed E-state index contributed by atoms with van der Waals surface area (Å²) in [5.41, 5.74) is 2.76. The van der Waals surface area contributed by atoms with E-state index < -0.39 is 11.9 Å². The molecule has 10 nitrogen and oxygen atoms in total. The number of pyridine rings is 1. The number of hydrogen-bond donors (Lipinski definition) is 1. The fourth-order valence-corrected chi connectivity index (χ4v) is 5.84. The smallest absolute Gasteiger partial charge is 0.244 e. The Bertz CT molecular complexity index is 1830. The van der Waals surface area contributed by atoms with Crippen LogP contribution in [0.25, 0.3) is 17.0 Å². The molecule has 2 amide bonds. The van der Waals surface area contributed by atoms with Gasteiger partial charge in [-0.2, -0.15) is 0 Å². The van der Waals surface area contributed by atoms with E-state index in [1.807, 2.05) is 72.8 Å². The number of rotatable bonds is 9. The van der Waals surface area contributed by atoms with E-state index in [1.54, 1.807) is 47.8 Å². The second-order valence-corrected chi connectivity index (χ2v) is 11.8. The van der Waals surface area contributed by atoms with Gasteiger partial charge in [0.05, 0.1) is 0 Å². The van der Waals surface area contributed by atoms with Crippen molar-refractivity contribution in [2.75, 3.05) is 13.1 Å². The van der Waals surface area contributed by atoms with Gasteiger partial charge in [0.15, 0.2) is 17.2 Å². The Morgan fingerprint density at radius 2 is 1.70 bits per heavy atom. The number of aromatic nitrogens is 4. The van der Waals surface area contributed by atoms with E-state index in [0.29, 0.717) is 35.1 Å². The highest BCUT2D eigenvalue weighted by atomic mass is 19.1. The maximum absolute atomic E-state index is 15.4. The number of benzene rings is 2. The van der Waals surface area contributed by atoms with Crippen molar-refractivity contribution in [3.8, 4) is 22.9 Å². The molecular weight excluding hydrogens is 585 g/mol. The Kier molecular flexibility index (Phi) is 9.02. The van der Waals surface area contributed by atoms with Crippen LogP contribution < -0.4 is 10.1 Å². The molecule has 2 atom stereocenters. The van der Waals surface area contributed by atoms with Crippen molar-refractivity contribution < 1.29 is 18.7 Å².